The molecule has 0 aliphatic rings. The first-order valence-corrected chi connectivity index (χ1v) is 5.79. The van der Waals surface area contributed by atoms with Gasteiger partial charge in [0.2, 0.25) is 0 Å². The smallest absolute Gasteiger partial charge is 0.130 e. The minimum atomic E-state index is 0.372. The van der Waals surface area contributed by atoms with E-state index in [2.05, 4.69) is 28.8 Å². The Morgan fingerprint density at radius 3 is 2.33 bits per heavy atom. The van der Waals surface area contributed by atoms with Gasteiger partial charge in [0.25, 0.3) is 0 Å². The lowest BCUT2D eigenvalue weighted by molar-refractivity contribution is 0.774. The summed E-state index contributed by atoms with van der Waals surface area (Å²) in [6.07, 6.45) is 3.70. The van der Waals surface area contributed by atoms with Gasteiger partial charge >= 0.3 is 0 Å². The van der Waals surface area contributed by atoms with Crippen molar-refractivity contribution in [2.45, 2.75) is 26.7 Å². The van der Waals surface area contributed by atoms with Gasteiger partial charge in [-0.2, -0.15) is 0 Å². The van der Waals surface area contributed by atoms with Gasteiger partial charge in [0.15, 0.2) is 0 Å². The first-order chi connectivity index (χ1) is 7.16. The van der Waals surface area contributed by atoms with Gasteiger partial charge in [0, 0.05) is 34.9 Å². The SMILES string of the molecule is Cc1csc(-c2cnc(C(C)C)nc2)n1. The van der Waals surface area contributed by atoms with Gasteiger partial charge in [-0.25, -0.2) is 15.0 Å². The van der Waals surface area contributed by atoms with Crippen molar-refractivity contribution in [2.75, 3.05) is 0 Å². The van der Waals surface area contributed by atoms with Crippen molar-refractivity contribution in [3.63, 3.8) is 0 Å². The summed E-state index contributed by atoms with van der Waals surface area (Å²) in [5.74, 6) is 1.25. The van der Waals surface area contributed by atoms with Crippen LogP contribution in [0.2, 0.25) is 0 Å². The average Bonchev–Trinajstić information content (AvgIpc) is 2.65. The molecule has 0 unspecified atom stereocenters. The molecule has 2 heterocycles. The second kappa shape index (κ2) is 4.06. The first-order valence-electron chi connectivity index (χ1n) is 4.91. The fourth-order valence-electron chi connectivity index (χ4n) is 1.23. The highest BCUT2D eigenvalue weighted by molar-refractivity contribution is 7.13. The molecule has 0 radical (unpaired) electrons. The maximum absolute atomic E-state index is 4.39. The number of nitrogens with zero attached hydrogens (tertiary/aromatic N) is 3. The molecule has 0 atom stereocenters. The Balaban J connectivity index is 2.31. The topological polar surface area (TPSA) is 38.7 Å². The third-order valence-electron chi connectivity index (χ3n) is 2.05. The van der Waals surface area contributed by atoms with Crippen molar-refractivity contribution in [2.24, 2.45) is 0 Å². The molecular weight excluding hydrogens is 206 g/mol. The lowest BCUT2D eigenvalue weighted by atomic mass is 10.2. The minimum Gasteiger partial charge on any atom is -0.241 e. The van der Waals surface area contributed by atoms with E-state index >= 15 is 0 Å². The van der Waals surface area contributed by atoms with Crippen LogP contribution >= 0.6 is 11.3 Å². The summed E-state index contributed by atoms with van der Waals surface area (Å²) in [4.78, 5) is 13.0. The van der Waals surface area contributed by atoms with E-state index in [9.17, 15) is 0 Å². The average molecular weight is 219 g/mol. The molecule has 15 heavy (non-hydrogen) atoms. The van der Waals surface area contributed by atoms with E-state index in [4.69, 9.17) is 0 Å². The van der Waals surface area contributed by atoms with Crippen molar-refractivity contribution in [1.82, 2.24) is 15.0 Å². The van der Waals surface area contributed by atoms with Gasteiger partial charge < -0.3 is 0 Å². The molecule has 0 aliphatic carbocycles. The van der Waals surface area contributed by atoms with Crippen LogP contribution in [0.15, 0.2) is 17.8 Å². The third-order valence-corrected chi connectivity index (χ3v) is 3.06. The van der Waals surface area contributed by atoms with E-state index in [1.165, 1.54) is 0 Å². The summed E-state index contributed by atoms with van der Waals surface area (Å²) in [7, 11) is 0. The highest BCUT2D eigenvalue weighted by Crippen LogP contribution is 2.22. The quantitative estimate of drug-likeness (QED) is 0.779. The van der Waals surface area contributed by atoms with E-state index < -0.39 is 0 Å². The molecule has 2 rings (SSSR count). The van der Waals surface area contributed by atoms with Gasteiger partial charge in [-0.1, -0.05) is 13.8 Å². The van der Waals surface area contributed by atoms with Crippen LogP contribution in [-0.2, 0) is 0 Å². The van der Waals surface area contributed by atoms with Crippen LogP contribution in [0.5, 0.6) is 0 Å². The van der Waals surface area contributed by atoms with E-state index in [0.29, 0.717) is 5.92 Å². The number of thiazole rings is 1. The summed E-state index contributed by atoms with van der Waals surface area (Å²) in [5, 5.41) is 3.02. The van der Waals surface area contributed by atoms with Crippen LogP contribution in [-0.4, -0.2) is 15.0 Å². The minimum absolute atomic E-state index is 0.372. The van der Waals surface area contributed by atoms with Gasteiger partial charge in [0.1, 0.15) is 10.8 Å². The zero-order chi connectivity index (χ0) is 10.8. The van der Waals surface area contributed by atoms with Crippen molar-refractivity contribution in [3.8, 4) is 10.6 Å². The molecule has 3 nitrogen and oxygen atoms in total. The summed E-state index contributed by atoms with van der Waals surface area (Å²) >= 11 is 1.63. The normalized spacial score (nSPS) is 10.9. The van der Waals surface area contributed by atoms with E-state index in [1.807, 2.05) is 24.7 Å². The molecule has 0 saturated carbocycles. The van der Waals surface area contributed by atoms with Crippen molar-refractivity contribution in [3.05, 3.63) is 29.3 Å². The van der Waals surface area contributed by atoms with E-state index in [-0.39, 0.29) is 0 Å². The van der Waals surface area contributed by atoms with Gasteiger partial charge in [-0.3, -0.25) is 0 Å². The highest BCUT2D eigenvalue weighted by Gasteiger charge is 2.05. The van der Waals surface area contributed by atoms with Crippen LogP contribution < -0.4 is 0 Å². The Labute approximate surface area is 93.2 Å². The number of aromatic nitrogens is 3. The lowest BCUT2D eigenvalue weighted by Crippen LogP contribution is -1.96. The fourth-order valence-corrected chi connectivity index (χ4v) is 2.01. The summed E-state index contributed by atoms with van der Waals surface area (Å²) in [5.41, 5.74) is 2.04. The van der Waals surface area contributed by atoms with E-state index in [0.717, 1.165) is 22.1 Å². The maximum atomic E-state index is 4.39. The molecule has 0 bridgehead atoms. The molecular formula is C11H13N3S. The Bertz CT molecular complexity index is 445. The largest absolute Gasteiger partial charge is 0.241 e. The van der Waals surface area contributed by atoms with Gasteiger partial charge in [0.05, 0.1) is 0 Å². The van der Waals surface area contributed by atoms with Crippen LogP contribution in [0, 0.1) is 6.92 Å². The highest BCUT2D eigenvalue weighted by atomic mass is 32.1. The molecule has 0 aliphatic heterocycles. The predicted octanol–water partition coefficient (Wildman–Crippen LogP) is 3.03. The second-order valence-corrected chi connectivity index (χ2v) is 4.64. The monoisotopic (exact) mass is 219 g/mol. The summed E-state index contributed by atoms with van der Waals surface area (Å²) in [6.45, 7) is 6.16. The molecule has 0 aromatic carbocycles. The van der Waals surface area contributed by atoms with Crippen LogP contribution in [0.1, 0.15) is 31.3 Å². The Kier molecular flexibility index (Phi) is 2.77. The molecule has 0 saturated heterocycles. The zero-order valence-corrected chi connectivity index (χ0v) is 9.88. The Morgan fingerprint density at radius 2 is 1.87 bits per heavy atom. The van der Waals surface area contributed by atoms with Crippen LogP contribution in [0.4, 0.5) is 0 Å². The fraction of sp³-hybridized carbons (Fsp3) is 0.364. The van der Waals surface area contributed by atoms with Crippen LogP contribution in [0.25, 0.3) is 10.6 Å². The standard InChI is InChI=1S/C11H13N3S/c1-7(2)10-12-4-9(5-13-10)11-14-8(3)6-15-11/h4-7H,1-3H3. The number of rotatable bonds is 2. The Hall–Kier alpha value is -1.29. The van der Waals surface area contributed by atoms with Crippen LogP contribution in [0.3, 0.4) is 0 Å². The maximum Gasteiger partial charge on any atom is 0.130 e. The van der Waals surface area contributed by atoms with Crippen molar-refractivity contribution in [1.29, 1.82) is 0 Å². The lowest BCUT2D eigenvalue weighted by Gasteiger charge is -2.02. The third kappa shape index (κ3) is 2.21. The predicted molar refractivity (Wildman–Crippen MR) is 62.0 cm³/mol. The molecule has 0 spiro atoms. The molecule has 2 aromatic rings. The summed E-state index contributed by atoms with van der Waals surface area (Å²) in [6, 6.07) is 0. The molecule has 0 fully saturated rings. The summed E-state index contributed by atoms with van der Waals surface area (Å²) < 4.78 is 0. The number of aryl methyl sites for hydroxylation is 1. The number of hydrogen-bond donors (Lipinski definition) is 0. The van der Waals surface area contributed by atoms with Crippen molar-refractivity contribution < 1.29 is 0 Å². The van der Waals surface area contributed by atoms with E-state index in [1.54, 1.807) is 11.3 Å². The Morgan fingerprint density at radius 1 is 1.20 bits per heavy atom. The molecule has 2 aromatic heterocycles. The zero-order valence-electron chi connectivity index (χ0n) is 9.06. The molecule has 78 valence electrons. The number of hydrogen-bond acceptors (Lipinski definition) is 4. The molecule has 0 N–H and O–H groups in total. The molecule has 4 heteroatoms. The second-order valence-electron chi connectivity index (χ2n) is 3.78. The van der Waals surface area contributed by atoms with Gasteiger partial charge in [-0.05, 0) is 6.92 Å². The molecule has 0 amide bonds. The first kappa shape index (κ1) is 10.2. The van der Waals surface area contributed by atoms with Gasteiger partial charge in [-0.15, -0.1) is 11.3 Å². The van der Waals surface area contributed by atoms with Crippen molar-refractivity contribution >= 4 is 11.3 Å².